The normalized spacial score (nSPS) is 19.3. The standard InChI is InChI=1S/C11H16N6/c1-16-9(2-4-13-16)11-15-14-10-6-8(7-12)3-5-17(10)11/h2,4,8H,3,5-7,12H2,1H3. The van der Waals surface area contributed by atoms with Crippen molar-refractivity contribution in [3.8, 4) is 11.5 Å². The molecular formula is C11H16N6. The maximum absolute atomic E-state index is 5.71. The second-order valence-corrected chi connectivity index (χ2v) is 4.53. The maximum atomic E-state index is 5.71. The van der Waals surface area contributed by atoms with Gasteiger partial charge in [-0.25, -0.2) is 0 Å². The van der Waals surface area contributed by atoms with Gasteiger partial charge < -0.3 is 10.3 Å². The third-order valence-corrected chi connectivity index (χ3v) is 3.44. The van der Waals surface area contributed by atoms with Gasteiger partial charge in [0.1, 0.15) is 11.5 Å². The highest BCUT2D eigenvalue weighted by Crippen LogP contribution is 2.24. The Labute approximate surface area is 99.4 Å². The Bertz CT molecular complexity index is 526. The molecule has 17 heavy (non-hydrogen) atoms. The van der Waals surface area contributed by atoms with Crippen molar-refractivity contribution in [2.75, 3.05) is 6.54 Å². The first-order valence-corrected chi connectivity index (χ1v) is 5.90. The largest absolute Gasteiger partial charge is 0.330 e. The van der Waals surface area contributed by atoms with Crippen LogP contribution in [0.2, 0.25) is 0 Å². The smallest absolute Gasteiger partial charge is 0.182 e. The summed E-state index contributed by atoms with van der Waals surface area (Å²) in [4.78, 5) is 0. The number of nitrogens with two attached hydrogens (primary N) is 1. The van der Waals surface area contributed by atoms with Gasteiger partial charge in [0.25, 0.3) is 0 Å². The van der Waals surface area contributed by atoms with Gasteiger partial charge in [-0.1, -0.05) is 0 Å². The van der Waals surface area contributed by atoms with Gasteiger partial charge in [0, 0.05) is 26.2 Å². The molecule has 6 nitrogen and oxygen atoms in total. The van der Waals surface area contributed by atoms with Crippen LogP contribution < -0.4 is 5.73 Å². The van der Waals surface area contributed by atoms with Crippen LogP contribution in [0.1, 0.15) is 12.2 Å². The van der Waals surface area contributed by atoms with Crippen molar-refractivity contribution in [1.82, 2.24) is 24.5 Å². The first-order chi connectivity index (χ1) is 8.29. The van der Waals surface area contributed by atoms with E-state index in [-0.39, 0.29) is 0 Å². The van der Waals surface area contributed by atoms with E-state index in [2.05, 4.69) is 19.9 Å². The predicted molar refractivity (Wildman–Crippen MR) is 63.1 cm³/mol. The van der Waals surface area contributed by atoms with Gasteiger partial charge in [-0.15, -0.1) is 10.2 Å². The molecule has 0 bridgehead atoms. The molecule has 0 fully saturated rings. The molecule has 0 saturated heterocycles. The number of rotatable bonds is 2. The lowest BCUT2D eigenvalue weighted by molar-refractivity contribution is 0.391. The highest BCUT2D eigenvalue weighted by molar-refractivity contribution is 5.49. The van der Waals surface area contributed by atoms with E-state index < -0.39 is 0 Å². The summed E-state index contributed by atoms with van der Waals surface area (Å²) in [6, 6.07) is 1.96. The van der Waals surface area contributed by atoms with Crippen LogP contribution >= 0.6 is 0 Å². The summed E-state index contributed by atoms with van der Waals surface area (Å²) in [5.41, 5.74) is 6.72. The molecular weight excluding hydrogens is 216 g/mol. The number of aryl methyl sites for hydroxylation is 1. The molecule has 2 N–H and O–H groups in total. The highest BCUT2D eigenvalue weighted by Gasteiger charge is 2.23. The lowest BCUT2D eigenvalue weighted by Crippen LogP contribution is -2.26. The number of hydrogen-bond acceptors (Lipinski definition) is 4. The number of hydrogen-bond donors (Lipinski definition) is 1. The molecule has 3 rings (SSSR count). The van der Waals surface area contributed by atoms with Gasteiger partial charge in [0.05, 0.1) is 0 Å². The van der Waals surface area contributed by atoms with Gasteiger partial charge in [-0.3, -0.25) is 4.68 Å². The first-order valence-electron chi connectivity index (χ1n) is 5.90. The Balaban J connectivity index is 2.00. The summed E-state index contributed by atoms with van der Waals surface area (Å²) in [7, 11) is 1.92. The van der Waals surface area contributed by atoms with Crippen molar-refractivity contribution in [3.05, 3.63) is 18.1 Å². The Morgan fingerprint density at radius 1 is 1.47 bits per heavy atom. The van der Waals surface area contributed by atoms with Crippen LogP contribution in [0.15, 0.2) is 12.3 Å². The Hall–Kier alpha value is -1.69. The van der Waals surface area contributed by atoms with Crippen LogP contribution in [0.3, 0.4) is 0 Å². The fourth-order valence-electron chi connectivity index (χ4n) is 2.38. The molecule has 6 heteroatoms. The zero-order chi connectivity index (χ0) is 11.8. The number of aromatic nitrogens is 5. The van der Waals surface area contributed by atoms with Crippen LogP contribution in [0.25, 0.3) is 11.5 Å². The summed E-state index contributed by atoms with van der Waals surface area (Å²) in [6.45, 7) is 1.68. The molecule has 3 heterocycles. The maximum Gasteiger partial charge on any atom is 0.182 e. The van der Waals surface area contributed by atoms with E-state index in [4.69, 9.17) is 5.73 Å². The molecule has 2 aromatic heterocycles. The lowest BCUT2D eigenvalue weighted by Gasteiger charge is -2.22. The van der Waals surface area contributed by atoms with Crippen LogP contribution in [0, 0.1) is 5.92 Å². The minimum atomic E-state index is 0.547. The van der Waals surface area contributed by atoms with E-state index in [0.717, 1.165) is 43.3 Å². The van der Waals surface area contributed by atoms with E-state index in [1.807, 2.05) is 17.8 Å². The molecule has 1 unspecified atom stereocenters. The van der Waals surface area contributed by atoms with E-state index in [0.29, 0.717) is 5.92 Å². The first kappa shape index (κ1) is 10.5. The molecule has 90 valence electrons. The molecule has 0 radical (unpaired) electrons. The molecule has 0 amide bonds. The topological polar surface area (TPSA) is 74.5 Å². The third kappa shape index (κ3) is 1.64. The Kier molecular flexibility index (Phi) is 2.44. The van der Waals surface area contributed by atoms with Crippen LogP contribution in [0.4, 0.5) is 0 Å². The average Bonchev–Trinajstić information content (AvgIpc) is 2.94. The van der Waals surface area contributed by atoms with Crippen molar-refractivity contribution in [2.24, 2.45) is 18.7 Å². The van der Waals surface area contributed by atoms with Crippen molar-refractivity contribution in [2.45, 2.75) is 19.4 Å². The van der Waals surface area contributed by atoms with Crippen molar-refractivity contribution >= 4 is 0 Å². The van der Waals surface area contributed by atoms with Gasteiger partial charge in [-0.05, 0) is 24.9 Å². The molecule has 0 spiro atoms. The highest BCUT2D eigenvalue weighted by atomic mass is 15.3. The molecule has 1 aliphatic heterocycles. The minimum absolute atomic E-state index is 0.547. The quantitative estimate of drug-likeness (QED) is 0.802. The van der Waals surface area contributed by atoms with Gasteiger partial charge >= 0.3 is 0 Å². The van der Waals surface area contributed by atoms with E-state index in [1.54, 1.807) is 6.20 Å². The van der Waals surface area contributed by atoms with E-state index in [1.165, 1.54) is 0 Å². The van der Waals surface area contributed by atoms with Gasteiger partial charge in [0.2, 0.25) is 0 Å². The van der Waals surface area contributed by atoms with Crippen LogP contribution in [-0.2, 0) is 20.0 Å². The molecule has 1 aliphatic rings. The lowest BCUT2D eigenvalue weighted by atomic mass is 9.98. The molecule has 0 aliphatic carbocycles. The molecule has 1 atom stereocenters. The Morgan fingerprint density at radius 3 is 3.06 bits per heavy atom. The number of fused-ring (bicyclic) bond motifs is 1. The van der Waals surface area contributed by atoms with Crippen molar-refractivity contribution in [1.29, 1.82) is 0 Å². The van der Waals surface area contributed by atoms with Gasteiger partial charge in [-0.2, -0.15) is 5.10 Å². The van der Waals surface area contributed by atoms with Crippen LogP contribution in [0.5, 0.6) is 0 Å². The van der Waals surface area contributed by atoms with Crippen molar-refractivity contribution < 1.29 is 0 Å². The zero-order valence-electron chi connectivity index (χ0n) is 9.87. The second kappa shape index (κ2) is 3.96. The average molecular weight is 232 g/mol. The zero-order valence-corrected chi connectivity index (χ0v) is 9.87. The minimum Gasteiger partial charge on any atom is -0.330 e. The van der Waals surface area contributed by atoms with E-state index in [9.17, 15) is 0 Å². The second-order valence-electron chi connectivity index (χ2n) is 4.53. The third-order valence-electron chi connectivity index (χ3n) is 3.44. The monoisotopic (exact) mass is 232 g/mol. The number of nitrogens with zero attached hydrogens (tertiary/aromatic N) is 5. The predicted octanol–water partition coefficient (Wildman–Crippen LogP) is 0.200. The molecule has 0 saturated carbocycles. The fourth-order valence-corrected chi connectivity index (χ4v) is 2.38. The summed E-state index contributed by atoms with van der Waals surface area (Å²) in [6.07, 6.45) is 3.82. The SMILES string of the molecule is Cn1nccc1-c1nnc2n1CCC(CN)C2. The van der Waals surface area contributed by atoms with Crippen LogP contribution in [-0.4, -0.2) is 31.1 Å². The molecule has 0 aromatic carbocycles. The Morgan fingerprint density at radius 2 is 2.35 bits per heavy atom. The summed E-state index contributed by atoms with van der Waals surface area (Å²) >= 11 is 0. The summed E-state index contributed by atoms with van der Waals surface area (Å²) < 4.78 is 4.01. The van der Waals surface area contributed by atoms with Crippen molar-refractivity contribution in [3.63, 3.8) is 0 Å². The molecule has 2 aromatic rings. The van der Waals surface area contributed by atoms with Gasteiger partial charge in [0.15, 0.2) is 5.82 Å². The summed E-state index contributed by atoms with van der Waals surface area (Å²) in [5, 5.41) is 12.7. The van der Waals surface area contributed by atoms with E-state index >= 15 is 0 Å². The summed E-state index contributed by atoms with van der Waals surface area (Å²) in [5.74, 6) is 2.50. The fraction of sp³-hybridized carbons (Fsp3) is 0.545.